The van der Waals surface area contributed by atoms with Crippen LogP contribution >= 0.6 is 0 Å². The van der Waals surface area contributed by atoms with Crippen molar-refractivity contribution in [3.05, 3.63) is 42.2 Å². The second kappa shape index (κ2) is 4.81. The van der Waals surface area contributed by atoms with E-state index in [4.69, 9.17) is 5.73 Å². The number of nitrogens with two attached hydrogens (primary N) is 1. The van der Waals surface area contributed by atoms with Gasteiger partial charge >= 0.3 is 0 Å². The van der Waals surface area contributed by atoms with Crippen molar-refractivity contribution in [1.29, 1.82) is 0 Å². The summed E-state index contributed by atoms with van der Waals surface area (Å²) >= 11 is 0. The number of nitrogens with zero attached hydrogens (tertiary/aromatic N) is 5. The van der Waals surface area contributed by atoms with E-state index in [1.165, 1.54) is 0 Å². The molecule has 0 amide bonds. The number of hydrogen-bond donors (Lipinski definition) is 1. The van der Waals surface area contributed by atoms with Gasteiger partial charge in [-0.05, 0) is 18.7 Å². The van der Waals surface area contributed by atoms with Gasteiger partial charge in [-0.1, -0.05) is 12.1 Å². The highest BCUT2D eigenvalue weighted by atomic mass is 15.3. The molecule has 1 aromatic carbocycles. The summed E-state index contributed by atoms with van der Waals surface area (Å²) in [5.74, 6) is 1.90. The maximum atomic E-state index is 5.67. The third-order valence-corrected chi connectivity index (χ3v) is 3.21. The summed E-state index contributed by atoms with van der Waals surface area (Å²) in [5.41, 5.74) is 7.77. The van der Waals surface area contributed by atoms with Crippen LogP contribution in [-0.2, 0) is 20.0 Å². The van der Waals surface area contributed by atoms with E-state index in [-0.39, 0.29) is 0 Å². The van der Waals surface area contributed by atoms with Gasteiger partial charge in [-0.2, -0.15) is 5.10 Å². The lowest BCUT2D eigenvalue weighted by molar-refractivity contribution is 0.640. The van der Waals surface area contributed by atoms with Crippen LogP contribution in [0.25, 0.3) is 11.0 Å². The third kappa shape index (κ3) is 2.10. The molecule has 3 rings (SSSR count). The molecule has 2 heterocycles. The number of para-hydroxylation sites is 2. The highest BCUT2D eigenvalue weighted by molar-refractivity contribution is 5.76. The minimum Gasteiger partial charge on any atom is -0.330 e. The molecular weight excluding hydrogens is 240 g/mol. The van der Waals surface area contributed by atoms with Gasteiger partial charge in [0.2, 0.25) is 0 Å². The quantitative estimate of drug-likeness (QED) is 0.746. The number of imidazole rings is 1. The molecule has 0 spiro atoms. The van der Waals surface area contributed by atoms with Crippen molar-refractivity contribution >= 4 is 11.0 Å². The van der Waals surface area contributed by atoms with Gasteiger partial charge < -0.3 is 10.3 Å². The SMILES string of the molecule is Cn1ncnc1Cn1c(CCN)nc2ccccc21. The van der Waals surface area contributed by atoms with E-state index in [1.807, 2.05) is 25.2 Å². The van der Waals surface area contributed by atoms with Gasteiger partial charge in [0, 0.05) is 13.5 Å². The summed E-state index contributed by atoms with van der Waals surface area (Å²) in [6, 6.07) is 8.10. The van der Waals surface area contributed by atoms with Crippen LogP contribution in [0.2, 0.25) is 0 Å². The lowest BCUT2D eigenvalue weighted by atomic mass is 10.3. The van der Waals surface area contributed by atoms with Crippen molar-refractivity contribution < 1.29 is 0 Å². The fraction of sp³-hybridized carbons (Fsp3) is 0.308. The van der Waals surface area contributed by atoms with Crippen molar-refractivity contribution in [2.45, 2.75) is 13.0 Å². The first kappa shape index (κ1) is 11.9. The molecule has 0 aliphatic rings. The maximum Gasteiger partial charge on any atom is 0.146 e. The molecule has 0 atom stereocenters. The molecule has 0 saturated carbocycles. The van der Waals surface area contributed by atoms with Gasteiger partial charge in [-0.3, -0.25) is 4.68 Å². The van der Waals surface area contributed by atoms with E-state index >= 15 is 0 Å². The fourth-order valence-electron chi connectivity index (χ4n) is 2.23. The van der Waals surface area contributed by atoms with Gasteiger partial charge in [0.15, 0.2) is 0 Å². The van der Waals surface area contributed by atoms with E-state index < -0.39 is 0 Å². The summed E-state index contributed by atoms with van der Waals surface area (Å²) in [6.07, 6.45) is 2.32. The van der Waals surface area contributed by atoms with E-state index in [9.17, 15) is 0 Å². The summed E-state index contributed by atoms with van der Waals surface area (Å²) < 4.78 is 3.94. The second-order valence-corrected chi connectivity index (χ2v) is 4.44. The van der Waals surface area contributed by atoms with Gasteiger partial charge in [0.1, 0.15) is 18.0 Å². The van der Waals surface area contributed by atoms with Gasteiger partial charge in [0.25, 0.3) is 0 Å². The molecule has 0 aliphatic heterocycles. The van der Waals surface area contributed by atoms with Crippen molar-refractivity contribution in [3.63, 3.8) is 0 Å². The summed E-state index contributed by atoms with van der Waals surface area (Å²) in [4.78, 5) is 8.91. The van der Waals surface area contributed by atoms with Crippen LogP contribution in [0.3, 0.4) is 0 Å². The van der Waals surface area contributed by atoms with Crippen LogP contribution in [0.15, 0.2) is 30.6 Å². The van der Waals surface area contributed by atoms with Gasteiger partial charge in [-0.15, -0.1) is 0 Å². The molecule has 0 aliphatic carbocycles. The van der Waals surface area contributed by atoms with Crippen molar-refractivity contribution in [2.75, 3.05) is 6.54 Å². The van der Waals surface area contributed by atoms with Gasteiger partial charge in [0.05, 0.1) is 17.6 Å². The molecular formula is C13H16N6. The molecule has 3 aromatic rings. The Labute approximate surface area is 110 Å². The molecule has 19 heavy (non-hydrogen) atoms. The molecule has 0 saturated heterocycles. The van der Waals surface area contributed by atoms with Crippen LogP contribution < -0.4 is 5.73 Å². The van der Waals surface area contributed by atoms with Crippen molar-refractivity contribution in [2.24, 2.45) is 12.8 Å². The maximum absolute atomic E-state index is 5.67. The number of hydrogen-bond acceptors (Lipinski definition) is 4. The van der Waals surface area contributed by atoms with Crippen LogP contribution in [0.1, 0.15) is 11.6 Å². The summed E-state index contributed by atoms with van der Waals surface area (Å²) in [5, 5.41) is 4.10. The first-order valence-electron chi connectivity index (χ1n) is 6.26. The van der Waals surface area contributed by atoms with Crippen molar-refractivity contribution in [3.8, 4) is 0 Å². The Hall–Kier alpha value is -2.21. The monoisotopic (exact) mass is 256 g/mol. The third-order valence-electron chi connectivity index (χ3n) is 3.21. The van der Waals surface area contributed by atoms with Crippen LogP contribution in [0, 0.1) is 0 Å². The Kier molecular flexibility index (Phi) is 3.00. The Bertz CT molecular complexity index is 696. The Morgan fingerprint density at radius 2 is 2.05 bits per heavy atom. The summed E-state index contributed by atoms with van der Waals surface area (Å²) in [6.45, 7) is 1.24. The topological polar surface area (TPSA) is 74.5 Å². The van der Waals surface area contributed by atoms with Gasteiger partial charge in [-0.25, -0.2) is 9.97 Å². The van der Waals surface area contributed by atoms with E-state index in [1.54, 1.807) is 11.0 Å². The smallest absolute Gasteiger partial charge is 0.146 e. The Morgan fingerprint density at radius 3 is 2.79 bits per heavy atom. The highest BCUT2D eigenvalue weighted by Gasteiger charge is 2.12. The lowest BCUT2D eigenvalue weighted by Gasteiger charge is -2.07. The first-order valence-corrected chi connectivity index (χ1v) is 6.26. The molecule has 6 nitrogen and oxygen atoms in total. The lowest BCUT2D eigenvalue weighted by Crippen LogP contribution is -2.13. The summed E-state index contributed by atoms with van der Waals surface area (Å²) in [7, 11) is 1.89. The second-order valence-electron chi connectivity index (χ2n) is 4.44. The molecule has 0 fully saturated rings. The number of aryl methyl sites for hydroxylation is 1. The minimum atomic E-state index is 0.585. The fourth-order valence-corrected chi connectivity index (χ4v) is 2.23. The average molecular weight is 256 g/mol. The predicted molar refractivity (Wildman–Crippen MR) is 72.6 cm³/mol. The van der Waals surface area contributed by atoms with E-state index in [2.05, 4.69) is 25.7 Å². The Balaban J connectivity index is 2.09. The number of benzene rings is 1. The van der Waals surface area contributed by atoms with Crippen molar-refractivity contribution in [1.82, 2.24) is 24.3 Å². The zero-order valence-corrected chi connectivity index (χ0v) is 10.8. The average Bonchev–Trinajstić information content (AvgIpc) is 2.96. The zero-order valence-electron chi connectivity index (χ0n) is 10.8. The predicted octanol–water partition coefficient (Wildman–Crippen LogP) is 0.714. The molecule has 98 valence electrons. The molecule has 2 N–H and O–H groups in total. The largest absolute Gasteiger partial charge is 0.330 e. The highest BCUT2D eigenvalue weighted by Crippen LogP contribution is 2.17. The molecule has 0 unspecified atom stereocenters. The first-order chi connectivity index (χ1) is 9.29. The molecule has 0 radical (unpaired) electrons. The van der Waals surface area contributed by atoms with Crippen LogP contribution in [0.5, 0.6) is 0 Å². The standard InChI is InChI=1S/C13H16N6/c1-18-13(15-9-16-18)8-19-11-5-3-2-4-10(11)17-12(19)6-7-14/h2-5,9H,6-8,14H2,1H3. The van der Waals surface area contributed by atoms with E-state index in [0.717, 1.165) is 29.1 Å². The zero-order chi connectivity index (χ0) is 13.2. The molecule has 2 aromatic heterocycles. The van der Waals surface area contributed by atoms with Crippen LogP contribution in [-0.4, -0.2) is 30.9 Å². The van der Waals surface area contributed by atoms with E-state index in [0.29, 0.717) is 13.1 Å². The number of rotatable bonds is 4. The normalized spacial score (nSPS) is 11.3. The molecule has 0 bridgehead atoms. The number of aromatic nitrogens is 5. The molecule has 6 heteroatoms. The minimum absolute atomic E-state index is 0.585. The number of fused-ring (bicyclic) bond motifs is 1. The van der Waals surface area contributed by atoms with Crippen LogP contribution in [0.4, 0.5) is 0 Å². The Morgan fingerprint density at radius 1 is 1.21 bits per heavy atom.